The number of unbranched alkanes of at least 4 members (excludes halogenated alkanes) is 2. The molecule has 0 saturated carbocycles. The van der Waals surface area contributed by atoms with Crippen molar-refractivity contribution in [3.63, 3.8) is 0 Å². The molecule has 0 amide bonds. The third kappa shape index (κ3) is 10.4. The van der Waals surface area contributed by atoms with Crippen LogP contribution in [0.4, 0.5) is 0 Å². The Morgan fingerprint density at radius 2 is 1.29 bits per heavy atom. The summed E-state index contributed by atoms with van der Waals surface area (Å²) in [5.41, 5.74) is 0. The molecule has 0 spiro atoms. The molecule has 1 unspecified atom stereocenters. The second kappa shape index (κ2) is 9.84. The van der Waals surface area contributed by atoms with Crippen LogP contribution >= 0.6 is 9.90 Å². The lowest BCUT2D eigenvalue weighted by molar-refractivity contribution is 0.210. The number of rotatable bonds is 8. The summed E-state index contributed by atoms with van der Waals surface area (Å²) in [6.07, 6.45) is 3.28. The van der Waals surface area contributed by atoms with Crippen molar-refractivity contribution in [2.75, 3.05) is 13.2 Å². The molecule has 4 nitrogen and oxygen atoms in total. The molecule has 14 heavy (non-hydrogen) atoms. The van der Waals surface area contributed by atoms with Gasteiger partial charge in [-0.15, -0.1) is 0 Å². The summed E-state index contributed by atoms with van der Waals surface area (Å²) in [7, 11) is -3.73. The van der Waals surface area contributed by atoms with Gasteiger partial charge in [0, 0.05) is 0 Å². The van der Waals surface area contributed by atoms with Crippen LogP contribution in [-0.2, 0) is 18.8 Å². The number of hydrogen-bond acceptors (Lipinski definition) is 4. The third-order valence-electron chi connectivity index (χ3n) is 1.45. The Hall–Kier alpha value is 0.300. The van der Waals surface area contributed by atoms with Crippen molar-refractivity contribution in [3.8, 4) is 0 Å². The largest absolute Gasteiger partial charge is 0.399 e. The molecule has 0 aromatic heterocycles. The molecule has 88 valence electrons. The van der Waals surface area contributed by atoms with E-state index in [0.717, 1.165) is 25.7 Å². The SMILES string of the molecule is CCCCOS(=O)(=O)OCCCC.P. The summed E-state index contributed by atoms with van der Waals surface area (Å²) in [6, 6.07) is 0. The zero-order valence-corrected chi connectivity index (χ0v) is 11.2. The summed E-state index contributed by atoms with van der Waals surface area (Å²) in [4.78, 5) is 0. The first-order valence-corrected chi connectivity index (χ1v) is 5.99. The second-order valence-electron chi connectivity index (χ2n) is 2.76. The molecule has 0 heterocycles. The minimum absolute atomic E-state index is 0. The molecule has 1 atom stereocenters. The summed E-state index contributed by atoms with van der Waals surface area (Å²) in [6.45, 7) is 4.36. The minimum Gasteiger partial charge on any atom is -0.248 e. The first-order valence-electron chi connectivity index (χ1n) is 4.66. The van der Waals surface area contributed by atoms with Crippen LogP contribution in [0, 0.1) is 0 Å². The molecule has 0 aliphatic rings. The van der Waals surface area contributed by atoms with Crippen LogP contribution in [0.5, 0.6) is 0 Å². The highest BCUT2D eigenvalue weighted by Crippen LogP contribution is 2.00. The lowest BCUT2D eigenvalue weighted by atomic mass is 10.4. The molecule has 0 fully saturated rings. The molecular formula is C8H21O4PS. The van der Waals surface area contributed by atoms with E-state index in [1.807, 2.05) is 13.8 Å². The summed E-state index contributed by atoms with van der Waals surface area (Å²) in [5.74, 6) is 0. The van der Waals surface area contributed by atoms with Gasteiger partial charge in [0.05, 0.1) is 13.2 Å². The fraction of sp³-hybridized carbons (Fsp3) is 1.00. The van der Waals surface area contributed by atoms with Gasteiger partial charge in [-0.3, -0.25) is 0 Å². The molecule has 0 bridgehead atoms. The third-order valence-corrected chi connectivity index (χ3v) is 2.36. The lowest BCUT2D eigenvalue weighted by Crippen LogP contribution is -2.11. The monoisotopic (exact) mass is 244 g/mol. The van der Waals surface area contributed by atoms with Gasteiger partial charge in [0.25, 0.3) is 0 Å². The van der Waals surface area contributed by atoms with Crippen molar-refractivity contribution in [2.24, 2.45) is 0 Å². The Kier molecular flexibility index (Phi) is 11.8. The topological polar surface area (TPSA) is 52.6 Å². The quantitative estimate of drug-likeness (QED) is 0.483. The fourth-order valence-corrected chi connectivity index (χ4v) is 1.36. The van der Waals surface area contributed by atoms with E-state index in [1.165, 1.54) is 0 Å². The van der Waals surface area contributed by atoms with E-state index in [1.54, 1.807) is 0 Å². The molecule has 0 aromatic carbocycles. The molecule has 6 heteroatoms. The Balaban J connectivity index is 0. The second-order valence-corrected chi connectivity index (χ2v) is 4.05. The Bertz CT molecular complexity index is 187. The van der Waals surface area contributed by atoms with Gasteiger partial charge < -0.3 is 0 Å². The minimum atomic E-state index is -3.73. The van der Waals surface area contributed by atoms with E-state index in [2.05, 4.69) is 8.37 Å². The van der Waals surface area contributed by atoms with E-state index in [0.29, 0.717) is 0 Å². The first kappa shape index (κ1) is 16.7. The zero-order valence-electron chi connectivity index (χ0n) is 8.99. The van der Waals surface area contributed by atoms with Gasteiger partial charge in [-0.2, -0.15) is 18.3 Å². The van der Waals surface area contributed by atoms with E-state index < -0.39 is 10.4 Å². The van der Waals surface area contributed by atoms with Crippen LogP contribution in [0.15, 0.2) is 0 Å². The first-order chi connectivity index (χ1) is 6.12. The van der Waals surface area contributed by atoms with Crippen molar-refractivity contribution in [1.29, 1.82) is 0 Å². The average molecular weight is 244 g/mol. The molecule has 0 aliphatic heterocycles. The molecule has 0 saturated heterocycles. The van der Waals surface area contributed by atoms with Crippen LogP contribution < -0.4 is 0 Å². The van der Waals surface area contributed by atoms with Crippen LogP contribution in [0.3, 0.4) is 0 Å². The van der Waals surface area contributed by atoms with Gasteiger partial charge in [0.15, 0.2) is 0 Å². The molecular weight excluding hydrogens is 223 g/mol. The molecule has 0 rings (SSSR count). The van der Waals surface area contributed by atoms with E-state index >= 15 is 0 Å². The maximum absolute atomic E-state index is 10.9. The lowest BCUT2D eigenvalue weighted by Gasteiger charge is -2.04. The zero-order chi connectivity index (χ0) is 10.2. The molecule has 0 N–H and O–H groups in total. The Morgan fingerprint density at radius 3 is 1.57 bits per heavy atom. The van der Waals surface area contributed by atoms with Gasteiger partial charge in [0.2, 0.25) is 0 Å². The van der Waals surface area contributed by atoms with Gasteiger partial charge in [-0.25, -0.2) is 8.37 Å². The van der Waals surface area contributed by atoms with Crippen molar-refractivity contribution in [2.45, 2.75) is 39.5 Å². The maximum Gasteiger partial charge on any atom is 0.399 e. The maximum atomic E-state index is 10.9. The van der Waals surface area contributed by atoms with Crippen molar-refractivity contribution in [3.05, 3.63) is 0 Å². The van der Waals surface area contributed by atoms with E-state index in [9.17, 15) is 8.42 Å². The van der Waals surface area contributed by atoms with Gasteiger partial charge in [-0.05, 0) is 12.8 Å². The van der Waals surface area contributed by atoms with Gasteiger partial charge in [-0.1, -0.05) is 26.7 Å². The highest BCUT2D eigenvalue weighted by Gasteiger charge is 2.10. The fourth-order valence-electron chi connectivity index (χ4n) is 0.645. The standard InChI is InChI=1S/C8H18O4S.H3P/c1-3-5-7-11-13(9,10)12-8-6-4-2;/h3-8H2,1-2H3;1H3. The van der Waals surface area contributed by atoms with Gasteiger partial charge in [0.1, 0.15) is 0 Å². The van der Waals surface area contributed by atoms with Crippen molar-refractivity contribution in [1.82, 2.24) is 0 Å². The molecule has 0 aliphatic carbocycles. The average Bonchev–Trinajstić information content (AvgIpc) is 2.05. The predicted molar refractivity (Wildman–Crippen MR) is 61.7 cm³/mol. The van der Waals surface area contributed by atoms with Crippen molar-refractivity contribution < 1.29 is 16.8 Å². The van der Waals surface area contributed by atoms with E-state index in [-0.39, 0.29) is 23.1 Å². The Morgan fingerprint density at radius 1 is 0.929 bits per heavy atom. The summed E-state index contributed by atoms with van der Waals surface area (Å²) >= 11 is 0. The summed E-state index contributed by atoms with van der Waals surface area (Å²) < 4.78 is 31.0. The van der Waals surface area contributed by atoms with Crippen molar-refractivity contribution >= 4 is 20.3 Å². The molecule has 0 radical (unpaired) electrons. The molecule has 0 aromatic rings. The Labute approximate surface area is 90.3 Å². The summed E-state index contributed by atoms with van der Waals surface area (Å²) in [5, 5.41) is 0. The highest BCUT2D eigenvalue weighted by atomic mass is 32.3. The van der Waals surface area contributed by atoms with Crippen LogP contribution in [0.2, 0.25) is 0 Å². The van der Waals surface area contributed by atoms with E-state index in [4.69, 9.17) is 0 Å². The predicted octanol–water partition coefficient (Wildman–Crippen LogP) is 1.92. The van der Waals surface area contributed by atoms with Crippen LogP contribution in [0.25, 0.3) is 0 Å². The smallest absolute Gasteiger partial charge is 0.248 e. The number of hydrogen-bond donors (Lipinski definition) is 0. The van der Waals surface area contributed by atoms with Crippen LogP contribution in [0.1, 0.15) is 39.5 Å². The normalized spacial score (nSPS) is 11.0. The highest BCUT2D eigenvalue weighted by molar-refractivity contribution is 7.81. The van der Waals surface area contributed by atoms with Gasteiger partial charge >= 0.3 is 10.4 Å². The van der Waals surface area contributed by atoms with Crippen LogP contribution in [-0.4, -0.2) is 21.6 Å².